The predicted molar refractivity (Wildman–Crippen MR) is 91.7 cm³/mol. The molecule has 0 radical (unpaired) electrons. The van der Waals surface area contributed by atoms with Gasteiger partial charge in [0.1, 0.15) is 5.65 Å². The number of nitrogens with zero attached hydrogens (tertiary/aromatic N) is 3. The predicted octanol–water partition coefficient (Wildman–Crippen LogP) is 3.61. The smallest absolute Gasteiger partial charge is 0.226 e. The molecule has 2 aromatic heterocycles. The summed E-state index contributed by atoms with van der Waals surface area (Å²) in [4.78, 5) is 18.6. The second kappa shape index (κ2) is 5.23. The van der Waals surface area contributed by atoms with E-state index >= 15 is 0 Å². The number of amides is 1. The summed E-state index contributed by atoms with van der Waals surface area (Å²) in [6, 6.07) is 10.4. The van der Waals surface area contributed by atoms with Crippen LogP contribution in [0.3, 0.4) is 0 Å². The Morgan fingerprint density at radius 1 is 1.22 bits per heavy atom. The molecule has 0 saturated carbocycles. The van der Waals surface area contributed by atoms with Crippen LogP contribution in [-0.4, -0.2) is 21.8 Å². The molecule has 0 atom stereocenters. The Labute approximate surface area is 135 Å². The number of imidazole rings is 1. The van der Waals surface area contributed by atoms with Crippen molar-refractivity contribution in [2.45, 2.75) is 26.7 Å². The standard InChI is InChI=1S/C19H19N3O/c1-3-19(23)22-9-8-15-10-14(5-6-17(15)22)16-12-21-11-13(2)4-7-18(21)20-16/h4-7,10-12H,3,8-9H2,1-2H3. The van der Waals surface area contributed by atoms with Crippen LogP contribution in [0.1, 0.15) is 24.5 Å². The van der Waals surface area contributed by atoms with Crippen molar-refractivity contribution in [3.63, 3.8) is 0 Å². The van der Waals surface area contributed by atoms with E-state index in [1.165, 1.54) is 11.1 Å². The maximum atomic E-state index is 12.0. The topological polar surface area (TPSA) is 37.6 Å². The molecule has 0 aliphatic carbocycles. The number of hydrogen-bond donors (Lipinski definition) is 0. The van der Waals surface area contributed by atoms with Gasteiger partial charge in [0.05, 0.1) is 5.69 Å². The van der Waals surface area contributed by atoms with Gasteiger partial charge in [-0.15, -0.1) is 0 Å². The monoisotopic (exact) mass is 305 g/mol. The molecule has 4 nitrogen and oxygen atoms in total. The Hall–Kier alpha value is -2.62. The van der Waals surface area contributed by atoms with Gasteiger partial charge in [-0.25, -0.2) is 4.98 Å². The molecule has 3 aromatic rings. The summed E-state index contributed by atoms with van der Waals surface area (Å²) >= 11 is 0. The summed E-state index contributed by atoms with van der Waals surface area (Å²) in [6.45, 7) is 4.77. The van der Waals surface area contributed by atoms with E-state index in [0.29, 0.717) is 6.42 Å². The number of aromatic nitrogens is 2. The number of benzene rings is 1. The van der Waals surface area contributed by atoms with Gasteiger partial charge in [0.15, 0.2) is 0 Å². The van der Waals surface area contributed by atoms with Gasteiger partial charge in [-0.05, 0) is 42.7 Å². The molecule has 0 bridgehead atoms. The molecule has 0 N–H and O–H groups in total. The summed E-state index contributed by atoms with van der Waals surface area (Å²) in [5, 5.41) is 0. The molecule has 0 saturated heterocycles. The minimum atomic E-state index is 0.194. The van der Waals surface area contributed by atoms with Gasteiger partial charge >= 0.3 is 0 Å². The van der Waals surface area contributed by atoms with E-state index in [1.807, 2.05) is 17.9 Å². The van der Waals surface area contributed by atoms with E-state index in [-0.39, 0.29) is 5.91 Å². The lowest BCUT2D eigenvalue weighted by Crippen LogP contribution is -2.27. The molecular weight excluding hydrogens is 286 g/mol. The van der Waals surface area contributed by atoms with E-state index < -0.39 is 0 Å². The first-order chi connectivity index (χ1) is 11.2. The summed E-state index contributed by atoms with van der Waals surface area (Å²) < 4.78 is 2.06. The molecule has 1 aliphatic heterocycles. The second-order valence-electron chi connectivity index (χ2n) is 6.09. The van der Waals surface area contributed by atoms with Crippen molar-refractivity contribution in [3.05, 3.63) is 53.9 Å². The van der Waals surface area contributed by atoms with Crippen LogP contribution in [0.5, 0.6) is 0 Å². The van der Waals surface area contributed by atoms with Crippen LogP contribution in [0.15, 0.2) is 42.7 Å². The zero-order valence-electron chi connectivity index (χ0n) is 13.4. The molecular formula is C19H19N3O. The minimum Gasteiger partial charge on any atom is -0.312 e. The average Bonchev–Trinajstić information content (AvgIpc) is 3.16. The SMILES string of the molecule is CCC(=O)N1CCc2cc(-c3cn4cc(C)ccc4n3)ccc21. The number of hydrogen-bond acceptors (Lipinski definition) is 2. The molecule has 0 spiro atoms. The molecule has 4 heteroatoms. The van der Waals surface area contributed by atoms with Crippen LogP contribution < -0.4 is 4.90 Å². The van der Waals surface area contributed by atoms with Crippen molar-refractivity contribution < 1.29 is 4.79 Å². The normalized spacial score (nSPS) is 13.6. The van der Waals surface area contributed by atoms with Crippen LogP contribution in [-0.2, 0) is 11.2 Å². The molecule has 0 unspecified atom stereocenters. The van der Waals surface area contributed by atoms with E-state index in [9.17, 15) is 4.79 Å². The van der Waals surface area contributed by atoms with Crippen LogP contribution in [0, 0.1) is 6.92 Å². The highest BCUT2D eigenvalue weighted by Crippen LogP contribution is 2.32. The number of rotatable bonds is 2. The van der Waals surface area contributed by atoms with E-state index in [0.717, 1.165) is 35.6 Å². The summed E-state index contributed by atoms with van der Waals surface area (Å²) in [7, 11) is 0. The minimum absolute atomic E-state index is 0.194. The highest BCUT2D eigenvalue weighted by atomic mass is 16.2. The number of aryl methyl sites for hydroxylation is 1. The van der Waals surface area contributed by atoms with Crippen LogP contribution >= 0.6 is 0 Å². The lowest BCUT2D eigenvalue weighted by atomic mass is 10.1. The van der Waals surface area contributed by atoms with Crippen LogP contribution in [0.4, 0.5) is 5.69 Å². The average molecular weight is 305 g/mol. The maximum Gasteiger partial charge on any atom is 0.226 e. The van der Waals surface area contributed by atoms with Gasteiger partial charge < -0.3 is 9.30 Å². The highest BCUT2D eigenvalue weighted by Gasteiger charge is 2.23. The molecule has 4 rings (SSSR count). The van der Waals surface area contributed by atoms with Crippen molar-refractivity contribution in [2.24, 2.45) is 0 Å². The fourth-order valence-electron chi connectivity index (χ4n) is 3.25. The maximum absolute atomic E-state index is 12.0. The number of fused-ring (bicyclic) bond motifs is 2. The van der Waals surface area contributed by atoms with Gasteiger partial charge in [0.25, 0.3) is 0 Å². The summed E-state index contributed by atoms with van der Waals surface area (Å²) in [5.74, 6) is 0.194. The summed E-state index contributed by atoms with van der Waals surface area (Å²) in [5.41, 5.74) is 6.53. The van der Waals surface area contributed by atoms with Crippen molar-refractivity contribution >= 4 is 17.2 Å². The lowest BCUT2D eigenvalue weighted by Gasteiger charge is -2.16. The molecule has 23 heavy (non-hydrogen) atoms. The Kier molecular flexibility index (Phi) is 3.18. The number of carbonyl (C=O) groups is 1. The Balaban J connectivity index is 1.74. The van der Waals surface area contributed by atoms with E-state index in [4.69, 9.17) is 4.98 Å². The van der Waals surface area contributed by atoms with Crippen molar-refractivity contribution in [1.29, 1.82) is 0 Å². The van der Waals surface area contributed by atoms with Crippen molar-refractivity contribution in [3.8, 4) is 11.3 Å². The fourth-order valence-corrected chi connectivity index (χ4v) is 3.25. The van der Waals surface area contributed by atoms with E-state index in [1.54, 1.807) is 0 Å². The van der Waals surface area contributed by atoms with Gasteiger partial charge in [-0.3, -0.25) is 4.79 Å². The first-order valence-corrected chi connectivity index (χ1v) is 8.05. The van der Waals surface area contributed by atoms with Gasteiger partial charge in [-0.1, -0.05) is 19.1 Å². The molecule has 0 fully saturated rings. The quantitative estimate of drug-likeness (QED) is 0.725. The third-order valence-corrected chi connectivity index (χ3v) is 4.47. The third kappa shape index (κ3) is 2.31. The first-order valence-electron chi connectivity index (χ1n) is 8.05. The van der Waals surface area contributed by atoms with Gasteiger partial charge in [0, 0.05) is 36.6 Å². The van der Waals surface area contributed by atoms with Gasteiger partial charge in [-0.2, -0.15) is 0 Å². The molecule has 1 aliphatic rings. The zero-order chi connectivity index (χ0) is 16.0. The van der Waals surface area contributed by atoms with Crippen molar-refractivity contribution in [1.82, 2.24) is 9.38 Å². The van der Waals surface area contributed by atoms with E-state index in [2.05, 4.69) is 48.0 Å². The highest BCUT2D eigenvalue weighted by molar-refractivity contribution is 5.95. The Morgan fingerprint density at radius 2 is 2.09 bits per heavy atom. The molecule has 3 heterocycles. The number of pyridine rings is 1. The zero-order valence-corrected chi connectivity index (χ0v) is 13.4. The molecule has 1 amide bonds. The summed E-state index contributed by atoms with van der Waals surface area (Å²) in [6.07, 6.45) is 5.61. The third-order valence-electron chi connectivity index (χ3n) is 4.47. The van der Waals surface area contributed by atoms with Gasteiger partial charge in [0.2, 0.25) is 5.91 Å². The largest absolute Gasteiger partial charge is 0.312 e. The Morgan fingerprint density at radius 3 is 2.91 bits per heavy atom. The van der Waals surface area contributed by atoms with Crippen LogP contribution in [0.25, 0.3) is 16.9 Å². The second-order valence-corrected chi connectivity index (χ2v) is 6.09. The number of anilines is 1. The molecule has 116 valence electrons. The van der Waals surface area contributed by atoms with Crippen LogP contribution in [0.2, 0.25) is 0 Å². The lowest BCUT2D eigenvalue weighted by molar-refractivity contribution is -0.118. The molecule has 1 aromatic carbocycles. The fraction of sp³-hybridized carbons (Fsp3) is 0.263. The number of carbonyl (C=O) groups excluding carboxylic acids is 1. The Bertz CT molecular complexity index is 910. The van der Waals surface area contributed by atoms with Crippen molar-refractivity contribution in [2.75, 3.05) is 11.4 Å². The first kappa shape index (κ1) is 14.0.